The van der Waals surface area contributed by atoms with E-state index in [0.717, 1.165) is 37.2 Å². The van der Waals surface area contributed by atoms with Crippen molar-refractivity contribution in [3.05, 3.63) is 17.0 Å². The molecule has 134 valence electrons. The zero-order valence-electron chi connectivity index (χ0n) is 14.7. The van der Waals surface area contributed by atoms with E-state index < -0.39 is 0 Å². The number of nitrogens with zero attached hydrogens (tertiary/aromatic N) is 3. The Morgan fingerprint density at radius 2 is 1.96 bits per heavy atom. The third-order valence-corrected chi connectivity index (χ3v) is 4.48. The molecule has 1 aliphatic rings. The molecule has 0 radical (unpaired) electrons. The number of amides is 1. The molecule has 2 heterocycles. The largest absolute Gasteiger partial charge is 0.334 e. The van der Waals surface area contributed by atoms with Crippen molar-refractivity contribution in [2.45, 2.75) is 59.0 Å². The minimum absolute atomic E-state index is 0. The molecular formula is C16H30Cl2N4O. The van der Waals surface area contributed by atoms with Crippen molar-refractivity contribution < 1.29 is 4.79 Å². The van der Waals surface area contributed by atoms with Crippen molar-refractivity contribution in [3.8, 4) is 0 Å². The van der Waals surface area contributed by atoms with Crippen molar-refractivity contribution in [2.24, 2.45) is 18.7 Å². The molecule has 0 saturated carbocycles. The molecule has 0 bridgehead atoms. The minimum atomic E-state index is -0.386. The molecule has 1 unspecified atom stereocenters. The molecule has 2 N–H and O–H groups in total. The first-order valence-electron chi connectivity index (χ1n) is 7.89. The molecular weight excluding hydrogens is 335 g/mol. The second-order valence-electron chi connectivity index (χ2n) is 6.63. The van der Waals surface area contributed by atoms with Crippen molar-refractivity contribution in [1.29, 1.82) is 0 Å². The third-order valence-electron chi connectivity index (χ3n) is 4.48. The van der Waals surface area contributed by atoms with Gasteiger partial charge in [-0.25, -0.2) is 0 Å². The number of aryl methyl sites for hydroxylation is 2. The number of carbonyl (C=O) groups is 1. The van der Waals surface area contributed by atoms with Gasteiger partial charge in [0.05, 0.1) is 17.8 Å². The van der Waals surface area contributed by atoms with Crippen molar-refractivity contribution in [3.63, 3.8) is 0 Å². The van der Waals surface area contributed by atoms with Crippen LogP contribution in [0.25, 0.3) is 0 Å². The van der Waals surface area contributed by atoms with Crippen LogP contribution in [0.4, 0.5) is 0 Å². The second-order valence-corrected chi connectivity index (χ2v) is 6.63. The fraction of sp³-hybridized carbons (Fsp3) is 0.750. The number of nitrogens with two attached hydrogens (primary N) is 1. The fourth-order valence-electron chi connectivity index (χ4n) is 3.42. The van der Waals surface area contributed by atoms with E-state index in [2.05, 4.69) is 25.9 Å². The van der Waals surface area contributed by atoms with Gasteiger partial charge in [-0.3, -0.25) is 9.48 Å². The number of hydrogen-bond donors (Lipinski definition) is 1. The second kappa shape index (κ2) is 8.90. The Morgan fingerprint density at radius 1 is 1.35 bits per heavy atom. The maximum absolute atomic E-state index is 12.7. The molecule has 7 heteroatoms. The summed E-state index contributed by atoms with van der Waals surface area (Å²) in [6.07, 6.45) is 2.79. The standard InChI is InChI=1S/C16H28N4O.2ClH/c1-10(2)9-13(17)16(21)20-8-6-7-14(20)15-11(3)18-19(5)12(15)4;;/h10,13-14H,6-9,17H2,1-5H3;2*1H/t13-,14?;;/m0../s1. The van der Waals surface area contributed by atoms with Gasteiger partial charge in [-0.15, -0.1) is 24.8 Å². The van der Waals surface area contributed by atoms with Gasteiger partial charge in [-0.05, 0) is 39.0 Å². The Balaban J connectivity index is 0.00000242. The SMILES string of the molecule is Cc1nn(C)c(C)c1C1CCCN1C(=O)[C@@H](N)CC(C)C.Cl.Cl. The zero-order chi connectivity index (χ0) is 15.7. The highest BCUT2D eigenvalue weighted by Gasteiger charge is 2.35. The van der Waals surface area contributed by atoms with E-state index in [4.69, 9.17) is 5.73 Å². The Morgan fingerprint density at radius 3 is 2.43 bits per heavy atom. The maximum Gasteiger partial charge on any atom is 0.240 e. The van der Waals surface area contributed by atoms with Crippen LogP contribution in [0.2, 0.25) is 0 Å². The lowest BCUT2D eigenvalue weighted by atomic mass is 10.00. The first-order valence-corrected chi connectivity index (χ1v) is 7.89. The van der Waals surface area contributed by atoms with Crippen molar-refractivity contribution in [2.75, 3.05) is 6.54 Å². The summed E-state index contributed by atoms with van der Waals surface area (Å²) in [6, 6.07) is -0.243. The van der Waals surface area contributed by atoms with E-state index in [1.165, 1.54) is 5.56 Å². The zero-order valence-corrected chi connectivity index (χ0v) is 16.3. The van der Waals surface area contributed by atoms with Crippen LogP contribution in [0.1, 0.15) is 56.1 Å². The molecule has 0 spiro atoms. The van der Waals surface area contributed by atoms with E-state index in [0.29, 0.717) is 5.92 Å². The Labute approximate surface area is 151 Å². The van der Waals surface area contributed by atoms with Crippen LogP contribution < -0.4 is 5.73 Å². The molecule has 1 saturated heterocycles. The lowest BCUT2D eigenvalue weighted by Crippen LogP contribution is -2.44. The first-order chi connectivity index (χ1) is 9.82. The molecule has 1 aliphatic heterocycles. The molecule has 5 nitrogen and oxygen atoms in total. The predicted octanol–water partition coefficient (Wildman–Crippen LogP) is 2.92. The molecule has 23 heavy (non-hydrogen) atoms. The molecule has 1 aromatic heterocycles. The van der Waals surface area contributed by atoms with Crippen LogP contribution in [0, 0.1) is 19.8 Å². The topological polar surface area (TPSA) is 64.2 Å². The molecule has 1 fully saturated rings. The molecule has 1 aromatic rings. The predicted molar refractivity (Wildman–Crippen MR) is 98.3 cm³/mol. The normalized spacial score (nSPS) is 18.6. The average molecular weight is 365 g/mol. The van der Waals surface area contributed by atoms with Gasteiger partial charge >= 0.3 is 0 Å². The summed E-state index contributed by atoms with van der Waals surface area (Å²) in [5.41, 5.74) is 9.49. The van der Waals surface area contributed by atoms with Crippen molar-refractivity contribution >= 4 is 30.7 Å². The average Bonchev–Trinajstić information content (AvgIpc) is 2.94. The molecule has 0 aliphatic carbocycles. The number of rotatable bonds is 4. The molecule has 2 rings (SSSR count). The number of likely N-dealkylation sites (tertiary alicyclic amines) is 1. The summed E-state index contributed by atoms with van der Waals surface area (Å²) in [7, 11) is 1.96. The Bertz CT molecular complexity index is 530. The number of aromatic nitrogens is 2. The van der Waals surface area contributed by atoms with Crippen LogP contribution in [-0.4, -0.2) is 33.2 Å². The smallest absolute Gasteiger partial charge is 0.240 e. The van der Waals surface area contributed by atoms with Crippen LogP contribution in [-0.2, 0) is 11.8 Å². The van der Waals surface area contributed by atoms with E-state index in [9.17, 15) is 4.79 Å². The highest BCUT2D eigenvalue weighted by atomic mass is 35.5. The van der Waals surface area contributed by atoms with Gasteiger partial charge in [-0.1, -0.05) is 13.8 Å². The van der Waals surface area contributed by atoms with Gasteiger partial charge in [-0.2, -0.15) is 5.10 Å². The van der Waals surface area contributed by atoms with Crippen molar-refractivity contribution in [1.82, 2.24) is 14.7 Å². The van der Waals surface area contributed by atoms with Gasteiger partial charge in [0.15, 0.2) is 0 Å². The first kappa shape index (κ1) is 22.2. The van der Waals surface area contributed by atoms with Gasteiger partial charge in [0.2, 0.25) is 5.91 Å². The summed E-state index contributed by atoms with van der Waals surface area (Å²) in [5.74, 6) is 0.528. The summed E-state index contributed by atoms with van der Waals surface area (Å²) in [5, 5.41) is 4.49. The van der Waals surface area contributed by atoms with Gasteiger partial charge in [0, 0.05) is 24.8 Å². The fourth-order valence-corrected chi connectivity index (χ4v) is 3.42. The quantitative estimate of drug-likeness (QED) is 0.892. The van der Waals surface area contributed by atoms with E-state index in [1.54, 1.807) is 0 Å². The van der Waals surface area contributed by atoms with Gasteiger partial charge in [0.1, 0.15) is 0 Å². The number of halogens is 2. The molecule has 0 aromatic carbocycles. The third kappa shape index (κ3) is 4.61. The highest BCUT2D eigenvalue weighted by molar-refractivity contribution is 5.85. The Hall–Kier alpha value is -0.780. The minimum Gasteiger partial charge on any atom is -0.334 e. The lowest BCUT2D eigenvalue weighted by molar-refractivity contribution is -0.133. The van der Waals surface area contributed by atoms with Crippen LogP contribution in [0.5, 0.6) is 0 Å². The molecule has 2 atom stereocenters. The van der Waals surface area contributed by atoms with Gasteiger partial charge < -0.3 is 10.6 Å². The summed E-state index contributed by atoms with van der Waals surface area (Å²) < 4.78 is 1.90. The maximum atomic E-state index is 12.7. The molecule has 1 amide bonds. The van der Waals surface area contributed by atoms with Crippen LogP contribution in [0.15, 0.2) is 0 Å². The lowest BCUT2D eigenvalue weighted by Gasteiger charge is -2.28. The monoisotopic (exact) mass is 364 g/mol. The Kier molecular flexibility index (Phi) is 8.60. The van der Waals surface area contributed by atoms with E-state index in [1.807, 2.05) is 23.6 Å². The van der Waals surface area contributed by atoms with Gasteiger partial charge in [0.25, 0.3) is 0 Å². The summed E-state index contributed by atoms with van der Waals surface area (Å²) in [4.78, 5) is 14.6. The number of carbonyl (C=O) groups excluding carboxylic acids is 1. The van der Waals surface area contributed by atoms with E-state index in [-0.39, 0.29) is 42.8 Å². The summed E-state index contributed by atoms with van der Waals surface area (Å²) >= 11 is 0. The number of hydrogen-bond acceptors (Lipinski definition) is 3. The summed E-state index contributed by atoms with van der Waals surface area (Å²) in [6.45, 7) is 9.11. The van der Waals surface area contributed by atoms with E-state index >= 15 is 0 Å². The van der Waals surface area contributed by atoms with Crippen LogP contribution >= 0.6 is 24.8 Å². The highest BCUT2D eigenvalue weighted by Crippen LogP contribution is 2.35. The van der Waals surface area contributed by atoms with Crippen LogP contribution in [0.3, 0.4) is 0 Å².